The number of carbonyl (C=O) groups is 2. The zero-order valence-electron chi connectivity index (χ0n) is 12.3. The molecule has 6 heteroatoms. The first-order chi connectivity index (χ1) is 11.1. The summed E-state index contributed by atoms with van der Waals surface area (Å²) in [6.07, 6.45) is -0.361. The van der Waals surface area contributed by atoms with Gasteiger partial charge < -0.3 is 15.7 Å². The van der Waals surface area contributed by atoms with Crippen molar-refractivity contribution in [3.8, 4) is 0 Å². The summed E-state index contributed by atoms with van der Waals surface area (Å²) < 4.78 is 0. The van der Waals surface area contributed by atoms with Gasteiger partial charge in [-0.25, -0.2) is 0 Å². The van der Waals surface area contributed by atoms with Gasteiger partial charge in [0, 0.05) is 17.3 Å². The summed E-state index contributed by atoms with van der Waals surface area (Å²) in [6.45, 7) is 0.197. The van der Waals surface area contributed by atoms with E-state index in [0.717, 1.165) is 5.56 Å². The third-order valence-electron chi connectivity index (χ3n) is 3.20. The zero-order chi connectivity index (χ0) is 16.7. The molecule has 5 nitrogen and oxygen atoms in total. The summed E-state index contributed by atoms with van der Waals surface area (Å²) in [6, 6.07) is 15.6. The van der Waals surface area contributed by atoms with E-state index >= 15 is 0 Å². The third-order valence-corrected chi connectivity index (χ3v) is 3.45. The van der Waals surface area contributed by atoms with Crippen LogP contribution < -0.4 is 10.6 Å². The number of carbonyl (C=O) groups excluding carboxylic acids is 2. The van der Waals surface area contributed by atoms with Crippen molar-refractivity contribution >= 4 is 29.1 Å². The average molecular weight is 333 g/mol. The maximum atomic E-state index is 11.7. The van der Waals surface area contributed by atoms with Crippen LogP contribution in [0.25, 0.3) is 0 Å². The average Bonchev–Trinajstić information content (AvgIpc) is 2.57. The van der Waals surface area contributed by atoms with Gasteiger partial charge in [-0.2, -0.15) is 0 Å². The van der Waals surface area contributed by atoms with Gasteiger partial charge in [-0.3, -0.25) is 9.59 Å². The van der Waals surface area contributed by atoms with E-state index in [-0.39, 0.29) is 6.54 Å². The SMILES string of the molecule is O=C(NCCC(O)c1ccccc1)C(=O)Nc1ccc(Cl)cc1. The number of hydrogen-bond donors (Lipinski definition) is 3. The summed E-state index contributed by atoms with van der Waals surface area (Å²) in [7, 11) is 0. The Balaban J connectivity index is 1.76. The van der Waals surface area contributed by atoms with Gasteiger partial charge in [-0.1, -0.05) is 41.9 Å². The Bertz CT molecular complexity index is 659. The van der Waals surface area contributed by atoms with Crippen LogP contribution in [0.4, 0.5) is 5.69 Å². The molecule has 120 valence electrons. The topological polar surface area (TPSA) is 78.4 Å². The number of benzene rings is 2. The highest BCUT2D eigenvalue weighted by Gasteiger charge is 2.14. The van der Waals surface area contributed by atoms with Crippen molar-refractivity contribution in [2.75, 3.05) is 11.9 Å². The molecule has 0 bridgehead atoms. The van der Waals surface area contributed by atoms with E-state index in [4.69, 9.17) is 11.6 Å². The van der Waals surface area contributed by atoms with Gasteiger partial charge in [0.05, 0.1) is 6.10 Å². The van der Waals surface area contributed by atoms with Crippen molar-refractivity contribution in [2.24, 2.45) is 0 Å². The number of aliphatic hydroxyl groups is 1. The van der Waals surface area contributed by atoms with Crippen molar-refractivity contribution in [2.45, 2.75) is 12.5 Å². The van der Waals surface area contributed by atoms with Crippen LogP contribution in [0.1, 0.15) is 18.1 Å². The highest BCUT2D eigenvalue weighted by molar-refractivity contribution is 6.39. The minimum absolute atomic E-state index is 0.197. The lowest BCUT2D eigenvalue weighted by molar-refractivity contribution is -0.136. The second-order valence-electron chi connectivity index (χ2n) is 4.93. The van der Waals surface area contributed by atoms with Gasteiger partial charge >= 0.3 is 11.8 Å². The maximum absolute atomic E-state index is 11.7. The van der Waals surface area contributed by atoms with E-state index < -0.39 is 17.9 Å². The largest absolute Gasteiger partial charge is 0.388 e. The maximum Gasteiger partial charge on any atom is 0.313 e. The molecule has 0 fully saturated rings. The molecule has 0 saturated carbocycles. The summed E-state index contributed by atoms with van der Waals surface area (Å²) >= 11 is 5.74. The van der Waals surface area contributed by atoms with Crippen LogP contribution in [0.15, 0.2) is 54.6 Å². The summed E-state index contributed by atoms with van der Waals surface area (Å²) in [4.78, 5) is 23.4. The number of rotatable bonds is 5. The standard InChI is InChI=1S/C17H17ClN2O3/c18-13-6-8-14(9-7-13)20-17(23)16(22)19-11-10-15(21)12-4-2-1-3-5-12/h1-9,15,21H,10-11H2,(H,19,22)(H,20,23). The predicted octanol–water partition coefficient (Wildman–Crippen LogP) is 2.52. The number of amides is 2. The summed E-state index contributed by atoms with van der Waals surface area (Å²) in [5.74, 6) is -1.51. The van der Waals surface area contributed by atoms with Gasteiger partial charge in [0.1, 0.15) is 0 Å². The van der Waals surface area contributed by atoms with Gasteiger partial charge in [0.2, 0.25) is 0 Å². The number of halogens is 1. The molecule has 0 heterocycles. The van der Waals surface area contributed by atoms with Crippen molar-refractivity contribution < 1.29 is 14.7 Å². The first-order valence-corrected chi connectivity index (χ1v) is 7.52. The molecule has 1 unspecified atom stereocenters. The molecule has 0 aliphatic rings. The first-order valence-electron chi connectivity index (χ1n) is 7.14. The van der Waals surface area contributed by atoms with E-state index in [1.54, 1.807) is 36.4 Å². The first kappa shape index (κ1) is 17.0. The molecule has 23 heavy (non-hydrogen) atoms. The molecule has 0 aliphatic heterocycles. The number of aliphatic hydroxyl groups excluding tert-OH is 1. The van der Waals surface area contributed by atoms with Gasteiger partial charge in [-0.05, 0) is 36.2 Å². The smallest absolute Gasteiger partial charge is 0.313 e. The van der Waals surface area contributed by atoms with E-state index in [9.17, 15) is 14.7 Å². The lowest BCUT2D eigenvalue weighted by atomic mass is 10.1. The molecule has 3 N–H and O–H groups in total. The third kappa shape index (κ3) is 5.39. The second-order valence-corrected chi connectivity index (χ2v) is 5.37. The molecule has 0 aromatic heterocycles. The van der Waals surface area contributed by atoms with Crippen molar-refractivity contribution in [3.63, 3.8) is 0 Å². The fourth-order valence-corrected chi connectivity index (χ4v) is 2.09. The summed E-state index contributed by atoms with van der Waals surface area (Å²) in [5, 5.41) is 15.5. The highest BCUT2D eigenvalue weighted by atomic mass is 35.5. The molecule has 1 atom stereocenters. The molecule has 0 spiro atoms. The molecule has 0 saturated heterocycles. The van der Waals surface area contributed by atoms with Crippen LogP contribution >= 0.6 is 11.6 Å². The Labute approximate surface area is 139 Å². The minimum Gasteiger partial charge on any atom is -0.388 e. The Morgan fingerprint density at radius 1 is 1.00 bits per heavy atom. The van der Waals surface area contributed by atoms with Crippen LogP contribution in [0.3, 0.4) is 0 Å². The normalized spacial score (nSPS) is 11.6. The van der Waals surface area contributed by atoms with Crippen LogP contribution in [0.2, 0.25) is 5.02 Å². The molecular formula is C17H17ClN2O3. The molecule has 0 aliphatic carbocycles. The van der Waals surface area contributed by atoms with Crippen molar-refractivity contribution in [1.29, 1.82) is 0 Å². The summed E-state index contributed by atoms with van der Waals surface area (Å²) in [5.41, 5.74) is 1.26. The van der Waals surface area contributed by atoms with E-state index in [1.165, 1.54) is 0 Å². The number of hydrogen-bond acceptors (Lipinski definition) is 3. The Morgan fingerprint density at radius 3 is 2.30 bits per heavy atom. The van der Waals surface area contributed by atoms with Crippen LogP contribution in [-0.4, -0.2) is 23.5 Å². The van der Waals surface area contributed by atoms with Gasteiger partial charge in [0.15, 0.2) is 0 Å². The lowest BCUT2D eigenvalue weighted by Crippen LogP contribution is -2.36. The lowest BCUT2D eigenvalue weighted by Gasteiger charge is -2.11. The molecule has 0 radical (unpaired) electrons. The monoisotopic (exact) mass is 332 g/mol. The second kappa shape index (κ2) is 8.31. The molecule has 2 aromatic carbocycles. The molecule has 2 aromatic rings. The number of anilines is 1. The minimum atomic E-state index is -0.762. The van der Waals surface area contributed by atoms with Crippen molar-refractivity contribution in [1.82, 2.24) is 5.32 Å². The van der Waals surface area contributed by atoms with Crippen LogP contribution in [-0.2, 0) is 9.59 Å². The van der Waals surface area contributed by atoms with Gasteiger partial charge in [0.25, 0.3) is 0 Å². The quantitative estimate of drug-likeness (QED) is 0.736. The van der Waals surface area contributed by atoms with E-state index in [0.29, 0.717) is 17.1 Å². The van der Waals surface area contributed by atoms with Crippen molar-refractivity contribution in [3.05, 3.63) is 65.2 Å². The van der Waals surface area contributed by atoms with Crippen LogP contribution in [0, 0.1) is 0 Å². The molecular weight excluding hydrogens is 316 g/mol. The fourth-order valence-electron chi connectivity index (χ4n) is 1.97. The Hall–Kier alpha value is -2.37. The Kier molecular flexibility index (Phi) is 6.14. The fraction of sp³-hybridized carbons (Fsp3) is 0.176. The number of nitrogens with one attached hydrogen (secondary N) is 2. The predicted molar refractivity (Wildman–Crippen MR) is 89.1 cm³/mol. The van der Waals surface area contributed by atoms with E-state index in [1.807, 2.05) is 18.2 Å². The van der Waals surface area contributed by atoms with Crippen LogP contribution in [0.5, 0.6) is 0 Å². The highest BCUT2D eigenvalue weighted by Crippen LogP contribution is 2.15. The van der Waals surface area contributed by atoms with Gasteiger partial charge in [-0.15, -0.1) is 0 Å². The molecule has 2 amide bonds. The van der Waals surface area contributed by atoms with E-state index in [2.05, 4.69) is 10.6 Å². The Morgan fingerprint density at radius 2 is 1.65 bits per heavy atom. The zero-order valence-corrected chi connectivity index (χ0v) is 13.1. The molecule has 2 rings (SSSR count).